The molecule has 1 amide bonds. The van der Waals surface area contributed by atoms with Crippen molar-refractivity contribution in [1.82, 2.24) is 0 Å². The number of rotatable bonds is 4. The first-order chi connectivity index (χ1) is 11.1. The topological polar surface area (TPSA) is 32.3 Å². The summed E-state index contributed by atoms with van der Waals surface area (Å²) in [5, 5.41) is 2.91. The van der Waals surface area contributed by atoms with E-state index in [0.717, 1.165) is 19.4 Å². The lowest BCUT2D eigenvalue weighted by atomic mass is 10.0. The molecule has 0 saturated heterocycles. The van der Waals surface area contributed by atoms with Crippen LogP contribution in [0.3, 0.4) is 0 Å². The van der Waals surface area contributed by atoms with Gasteiger partial charge in [0.1, 0.15) is 5.82 Å². The predicted octanol–water partition coefficient (Wildman–Crippen LogP) is 4.26. The number of hydrogen-bond donors (Lipinski definition) is 1. The van der Waals surface area contributed by atoms with E-state index in [9.17, 15) is 9.18 Å². The molecule has 0 radical (unpaired) electrons. The van der Waals surface area contributed by atoms with Gasteiger partial charge in [0.2, 0.25) is 5.91 Å². The molecule has 2 aromatic rings. The summed E-state index contributed by atoms with van der Waals surface area (Å²) in [7, 11) is 0. The standard InChI is InChI=1S/C18H18ClFN2O/c19-14-7-8-16(15(20)12-14)21-18(23)9-11-22-10-3-5-13-4-1-2-6-17(13)22/h1-2,4,6-8,12H,3,5,9-11H2,(H,21,23). The molecule has 0 bridgehead atoms. The van der Waals surface area contributed by atoms with Crippen LogP contribution in [0.2, 0.25) is 5.02 Å². The van der Waals surface area contributed by atoms with Crippen LogP contribution in [0.5, 0.6) is 0 Å². The van der Waals surface area contributed by atoms with E-state index in [1.165, 1.54) is 23.4 Å². The van der Waals surface area contributed by atoms with Gasteiger partial charge in [-0.1, -0.05) is 29.8 Å². The van der Waals surface area contributed by atoms with E-state index in [4.69, 9.17) is 11.6 Å². The molecule has 120 valence electrons. The van der Waals surface area contributed by atoms with Crippen LogP contribution in [0.25, 0.3) is 0 Å². The third-order valence-electron chi connectivity index (χ3n) is 4.02. The lowest BCUT2D eigenvalue weighted by Crippen LogP contribution is -2.32. The van der Waals surface area contributed by atoms with E-state index in [2.05, 4.69) is 22.3 Å². The molecule has 0 aromatic heterocycles. The lowest BCUT2D eigenvalue weighted by Gasteiger charge is -2.31. The van der Waals surface area contributed by atoms with Gasteiger partial charge in [-0.25, -0.2) is 4.39 Å². The molecule has 0 aliphatic carbocycles. The highest BCUT2D eigenvalue weighted by molar-refractivity contribution is 6.30. The Hall–Kier alpha value is -2.07. The Labute approximate surface area is 140 Å². The van der Waals surface area contributed by atoms with E-state index in [-0.39, 0.29) is 11.6 Å². The maximum atomic E-state index is 13.7. The van der Waals surface area contributed by atoms with Crippen molar-refractivity contribution in [3.05, 3.63) is 58.9 Å². The van der Waals surface area contributed by atoms with Crippen molar-refractivity contribution in [2.24, 2.45) is 0 Å². The Morgan fingerprint density at radius 2 is 2.09 bits per heavy atom. The molecule has 5 heteroatoms. The number of amides is 1. The maximum Gasteiger partial charge on any atom is 0.226 e. The average Bonchev–Trinajstić information content (AvgIpc) is 2.55. The molecule has 0 saturated carbocycles. The maximum absolute atomic E-state index is 13.7. The minimum absolute atomic E-state index is 0.165. The van der Waals surface area contributed by atoms with E-state index in [1.54, 1.807) is 6.07 Å². The number of anilines is 2. The molecule has 1 N–H and O–H groups in total. The number of halogens is 2. The van der Waals surface area contributed by atoms with E-state index >= 15 is 0 Å². The normalized spacial score (nSPS) is 13.6. The molecule has 3 nitrogen and oxygen atoms in total. The highest BCUT2D eigenvalue weighted by Gasteiger charge is 2.17. The minimum atomic E-state index is -0.519. The summed E-state index contributed by atoms with van der Waals surface area (Å²) in [5.74, 6) is -0.719. The van der Waals surface area contributed by atoms with Gasteiger partial charge in [-0.05, 0) is 42.7 Å². The number of fused-ring (bicyclic) bond motifs is 1. The van der Waals surface area contributed by atoms with Crippen LogP contribution in [0.15, 0.2) is 42.5 Å². The van der Waals surface area contributed by atoms with Crippen molar-refractivity contribution in [3.63, 3.8) is 0 Å². The lowest BCUT2D eigenvalue weighted by molar-refractivity contribution is -0.116. The molecular formula is C18H18ClFN2O. The van der Waals surface area contributed by atoms with Gasteiger partial charge in [0, 0.05) is 30.2 Å². The van der Waals surface area contributed by atoms with Crippen molar-refractivity contribution < 1.29 is 9.18 Å². The van der Waals surface area contributed by atoms with Crippen LogP contribution in [0, 0.1) is 5.82 Å². The predicted molar refractivity (Wildman–Crippen MR) is 91.6 cm³/mol. The summed E-state index contributed by atoms with van der Waals surface area (Å²) >= 11 is 5.70. The smallest absolute Gasteiger partial charge is 0.226 e. The quantitative estimate of drug-likeness (QED) is 0.907. The minimum Gasteiger partial charge on any atom is -0.371 e. The number of carbonyl (C=O) groups is 1. The van der Waals surface area contributed by atoms with Crippen molar-refractivity contribution in [1.29, 1.82) is 0 Å². The highest BCUT2D eigenvalue weighted by Crippen LogP contribution is 2.26. The Kier molecular flexibility index (Phi) is 4.82. The van der Waals surface area contributed by atoms with Gasteiger partial charge in [0.25, 0.3) is 0 Å². The molecular weight excluding hydrogens is 315 g/mol. The van der Waals surface area contributed by atoms with Gasteiger partial charge in [0.05, 0.1) is 5.69 Å². The number of nitrogens with zero attached hydrogens (tertiary/aromatic N) is 1. The van der Waals surface area contributed by atoms with Crippen LogP contribution in [0.1, 0.15) is 18.4 Å². The van der Waals surface area contributed by atoms with Crippen molar-refractivity contribution in [2.75, 3.05) is 23.3 Å². The third kappa shape index (κ3) is 3.82. The Morgan fingerprint density at radius 1 is 1.26 bits per heavy atom. The number of benzene rings is 2. The molecule has 2 aromatic carbocycles. The fraction of sp³-hybridized carbons (Fsp3) is 0.278. The van der Waals surface area contributed by atoms with Crippen LogP contribution < -0.4 is 10.2 Å². The number of para-hydroxylation sites is 1. The summed E-state index contributed by atoms with van der Waals surface area (Å²) in [6.07, 6.45) is 2.48. The number of hydrogen-bond acceptors (Lipinski definition) is 2. The van der Waals surface area contributed by atoms with Crippen molar-refractivity contribution in [3.8, 4) is 0 Å². The summed E-state index contributed by atoms with van der Waals surface area (Å²) in [6.45, 7) is 1.57. The summed E-state index contributed by atoms with van der Waals surface area (Å²) in [6, 6.07) is 12.5. The fourth-order valence-electron chi connectivity index (χ4n) is 2.88. The fourth-order valence-corrected chi connectivity index (χ4v) is 3.04. The monoisotopic (exact) mass is 332 g/mol. The zero-order chi connectivity index (χ0) is 16.2. The third-order valence-corrected chi connectivity index (χ3v) is 4.26. The van der Waals surface area contributed by atoms with Gasteiger partial charge in [0.15, 0.2) is 0 Å². The Balaban J connectivity index is 1.59. The molecule has 1 heterocycles. The largest absolute Gasteiger partial charge is 0.371 e. The molecule has 0 fully saturated rings. The van der Waals surface area contributed by atoms with Gasteiger partial charge < -0.3 is 10.2 Å². The van der Waals surface area contributed by atoms with Crippen molar-refractivity contribution in [2.45, 2.75) is 19.3 Å². The number of aryl methyl sites for hydroxylation is 1. The first-order valence-corrected chi connectivity index (χ1v) is 8.09. The summed E-state index contributed by atoms with van der Waals surface area (Å²) in [4.78, 5) is 14.3. The molecule has 0 unspecified atom stereocenters. The van der Waals surface area contributed by atoms with E-state index < -0.39 is 5.82 Å². The summed E-state index contributed by atoms with van der Waals surface area (Å²) < 4.78 is 13.7. The van der Waals surface area contributed by atoms with Gasteiger partial charge in [-0.15, -0.1) is 0 Å². The van der Waals surface area contributed by atoms with E-state index in [0.29, 0.717) is 18.0 Å². The second-order valence-electron chi connectivity index (χ2n) is 5.64. The van der Waals surface area contributed by atoms with Gasteiger partial charge in [-0.2, -0.15) is 0 Å². The molecule has 3 rings (SSSR count). The SMILES string of the molecule is O=C(CCN1CCCc2ccccc21)Nc1ccc(Cl)cc1F. The number of nitrogens with one attached hydrogen (secondary N) is 1. The number of carbonyl (C=O) groups excluding carboxylic acids is 1. The zero-order valence-corrected chi connectivity index (χ0v) is 13.4. The first-order valence-electron chi connectivity index (χ1n) is 7.71. The molecule has 1 aliphatic heterocycles. The first kappa shape index (κ1) is 15.8. The van der Waals surface area contributed by atoms with Crippen molar-refractivity contribution >= 4 is 28.9 Å². The van der Waals surface area contributed by atoms with Crippen LogP contribution in [-0.4, -0.2) is 19.0 Å². The highest BCUT2D eigenvalue weighted by atomic mass is 35.5. The Morgan fingerprint density at radius 3 is 2.91 bits per heavy atom. The second kappa shape index (κ2) is 7.01. The molecule has 23 heavy (non-hydrogen) atoms. The van der Waals surface area contributed by atoms with Crippen LogP contribution in [0.4, 0.5) is 15.8 Å². The van der Waals surface area contributed by atoms with Crippen LogP contribution in [-0.2, 0) is 11.2 Å². The van der Waals surface area contributed by atoms with E-state index in [1.807, 2.05) is 12.1 Å². The Bertz CT molecular complexity index is 720. The summed E-state index contributed by atoms with van der Waals surface area (Å²) in [5.41, 5.74) is 2.69. The van der Waals surface area contributed by atoms with Gasteiger partial charge in [-0.3, -0.25) is 4.79 Å². The molecule has 0 atom stereocenters. The second-order valence-corrected chi connectivity index (χ2v) is 6.08. The van der Waals surface area contributed by atoms with Crippen LogP contribution >= 0.6 is 11.6 Å². The zero-order valence-electron chi connectivity index (χ0n) is 12.7. The molecule has 0 spiro atoms. The molecule has 1 aliphatic rings. The average molecular weight is 333 g/mol. The van der Waals surface area contributed by atoms with Gasteiger partial charge >= 0.3 is 0 Å².